The summed E-state index contributed by atoms with van der Waals surface area (Å²) in [6.45, 7) is 0. The first kappa shape index (κ1) is 10.5. The van der Waals surface area contributed by atoms with E-state index in [9.17, 15) is 9.59 Å². The van der Waals surface area contributed by atoms with Gasteiger partial charge in [-0.05, 0) is 24.6 Å². The van der Waals surface area contributed by atoms with Gasteiger partial charge in [-0.15, -0.1) is 0 Å². The molecule has 1 heterocycles. The second-order valence-corrected chi connectivity index (χ2v) is 3.77. The summed E-state index contributed by atoms with van der Waals surface area (Å²) >= 11 is 0. The molecular formula is C11H13N3O2. The summed E-state index contributed by atoms with van der Waals surface area (Å²) in [6.07, 6.45) is 0.880. The third kappa shape index (κ3) is 2.31. The van der Waals surface area contributed by atoms with Gasteiger partial charge in [0, 0.05) is 17.8 Å². The van der Waals surface area contributed by atoms with Gasteiger partial charge in [0.05, 0.1) is 0 Å². The van der Waals surface area contributed by atoms with Crippen molar-refractivity contribution in [1.82, 2.24) is 5.32 Å². The van der Waals surface area contributed by atoms with Crippen molar-refractivity contribution in [2.75, 3.05) is 11.1 Å². The van der Waals surface area contributed by atoms with E-state index in [0.29, 0.717) is 18.5 Å². The van der Waals surface area contributed by atoms with Crippen molar-refractivity contribution in [2.24, 2.45) is 0 Å². The maximum Gasteiger partial charge on any atom is 0.249 e. The molecule has 1 aliphatic rings. The lowest BCUT2D eigenvalue weighted by Gasteiger charge is -2.22. The number of hydrogen-bond acceptors (Lipinski definition) is 4. The zero-order valence-electron chi connectivity index (χ0n) is 8.69. The number of benzene rings is 1. The number of nitrogen functional groups attached to an aromatic ring is 1. The number of piperidine rings is 1. The molecule has 0 spiro atoms. The van der Waals surface area contributed by atoms with Crippen LogP contribution in [0.2, 0.25) is 0 Å². The van der Waals surface area contributed by atoms with Crippen LogP contribution in [0.25, 0.3) is 0 Å². The number of imide groups is 1. The summed E-state index contributed by atoms with van der Waals surface area (Å²) in [7, 11) is 0. The second kappa shape index (κ2) is 4.22. The third-order valence-corrected chi connectivity index (χ3v) is 2.47. The van der Waals surface area contributed by atoms with Crippen molar-refractivity contribution in [3.05, 3.63) is 24.3 Å². The van der Waals surface area contributed by atoms with Crippen molar-refractivity contribution in [1.29, 1.82) is 0 Å². The summed E-state index contributed by atoms with van der Waals surface area (Å²) in [5.74, 6) is -0.491. The summed E-state index contributed by atoms with van der Waals surface area (Å²) in [4.78, 5) is 22.4. The number of carbonyl (C=O) groups is 2. The maximum atomic E-state index is 11.5. The lowest BCUT2D eigenvalue weighted by atomic mass is 10.1. The Bertz CT molecular complexity index is 431. The van der Waals surface area contributed by atoms with Gasteiger partial charge in [-0.2, -0.15) is 0 Å². The van der Waals surface area contributed by atoms with E-state index in [0.717, 1.165) is 5.69 Å². The first-order valence-electron chi connectivity index (χ1n) is 5.11. The highest BCUT2D eigenvalue weighted by molar-refractivity contribution is 6.01. The molecule has 5 nitrogen and oxygen atoms in total. The van der Waals surface area contributed by atoms with Gasteiger partial charge in [0.1, 0.15) is 6.04 Å². The molecule has 0 aliphatic carbocycles. The maximum absolute atomic E-state index is 11.5. The number of anilines is 2. The number of carbonyl (C=O) groups excluding carboxylic acids is 2. The van der Waals surface area contributed by atoms with E-state index < -0.39 is 0 Å². The Morgan fingerprint density at radius 1 is 1.38 bits per heavy atom. The molecule has 16 heavy (non-hydrogen) atoms. The van der Waals surface area contributed by atoms with Crippen molar-refractivity contribution in [3.8, 4) is 0 Å². The van der Waals surface area contributed by atoms with Gasteiger partial charge in [0.25, 0.3) is 0 Å². The number of nitrogens with one attached hydrogen (secondary N) is 2. The molecule has 0 saturated carbocycles. The molecule has 2 rings (SSSR count). The van der Waals surface area contributed by atoms with Crippen LogP contribution in [-0.4, -0.2) is 17.9 Å². The fraction of sp³-hybridized carbons (Fsp3) is 0.273. The molecule has 0 radical (unpaired) electrons. The van der Waals surface area contributed by atoms with Crippen LogP contribution < -0.4 is 16.4 Å². The van der Waals surface area contributed by atoms with Crippen LogP contribution in [0, 0.1) is 0 Å². The first-order chi connectivity index (χ1) is 7.65. The molecule has 0 bridgehead atoms. The molecule has 1 fully saturated rings. The van der Waals surface area contributed by atoms with Crippen LogP contribution in [0.5, 0.6) is 0 Å². The molecule has 1 atom stereocenters. The summed E-state index contributed by atoms with van der Waals surface area (Å²) < 4.78 is 0. The predicted molar refractivity (Wildman–Crippen MR) is 60.6 cm³/mol. The van der Waals surface area contributed by atoms with Crippen molar-refractivity contribution < 1.29 is 9.59 Å². The Morgan fingerprint density at radius 3 is 2.88 bits per heavy atom. The zero-order valence-corrected chi connectivity index (χ0v) is 8.69. The molecule has 4 N–H and O–H groups in total. The topological polar surface area (TPSA) is 84.2 Å². The Kier molecular flexibility index (Phi) is 2.76. The molecule has 5 heteroatoms. The molecule has 0 aromatic heterocycles. The molecule has 1 aromatic carbocycles. The number of nitrogens with two attached hydrogens (primary N) is 1. The van der Waals surface area contributed by atoms with E-state index in [1.54, 1.807) is 12.1 Å². The molecule has 84 valence electrons. The van der Waals surface area contributed by atoms with Crippen molar-refractivity contribution in [2.45, 2.75) is 18.9 Å². The number of hydrogen-bond donors (Lipinski definition) is 3. The first-order valence-corrected chi connectivity index (χ1v) is 5.11. The molecular weight excluding hydrogens is 206 g/mol. The SMILES string of the molecule is Nc1cccc(NC2CCC(=O)NC2=O)c1. The van der Waals surface area contributed by atoms with Gasteiger partial charge in [0.2, 0.25) is 11.8 Å². The predicted octanol–water partition coefficient (Wildman–Crippen LogP) is 0.486. The Morgan fingerprint density at radius 2 is 2.19 bits per heavy atom. The van der Waals surface area contributed by atoms with Gasteiger partial charge < -0.3 is 11.1 Å². The fourth-order valence-corrected chi connectivity index (χ4v) is 1.66. The van der Waals surface area contributed by atoms with Crippen LogP contribution in [0.15, 0.2) is 24.3 Å². The lowest BCUT2D eigenvalue weighted by molar-refractivity contribution is -0.133. The number of amides is 2. The minimum Gasteiger partial charge on any atom is -0.399 e. The minimum absolute atomic E-state index is 0.212. The summed E-state index contributed by atoms with van der Waals surface area (Å²) in [6, 6.07) is 6.81. The van der Waals surface area contributed by atoms with Crippen molar-refractivity contribution in [3.63, 3.8) is 0 Å². The van der Waals surface area contributed by atoms with Crippen LogP contribution in [0.1, 0.15) is 12.8 Å². The quantitative estimate of drug-likeness (QED) is 0.499. The van der Waals surface area contributed by atoms with E-state index >= 15 is 0 Å². The standard InChI is InChI=1S/C11H13N3O2/c12-7-2-1-3-8(6-7)13-9-4-5-10(15)14-11(9)16/h1-3,6,9,13H,4-5,12H2,(H,14,15,16). The molecule has 1 saturated heterocycles. The Labute approximate surface area is 93.0 Å². The normalized spacial score (nSPS) is 20.4. The van der Waals surface area contributed by atoms with E-state index in [1.807, 2.05) is 12.1 Å². The van der Waals surface area contributed by atoms with Gasteiger partial charge in [0.15, 0.2) is 0 Å². The Balaban J connectivity index is 2.05. The van der Waals surface area contributed by atoms with E-state index in [2.05, 4.69) is 10.6 Å². The van der Waals surface area contributed by atoms with Crippen LogP contribution in [-0.2, 0) is 9.59 Å². The molecule has 1 unspecified atom stereocenters. The highest BCUT2D eigenvalue weighted by Crippen LogP contribution is 2.16. The molecule has 1 aliphatic heterocycles. The van der Waals surface area contributed by atoms with E-state index in [1.165, 1.54) is 0 Å². The molecule has 1 aromatic rings. The fourth-order valence-electron chi connectivity index (χ4n) is 1.66. The van der Waals surface area contributed by atoms with Gasteiger partial charge in [-0.1, -0.05) is 6.07 Å². The summed E-state index contributed by atoms with van der Waals surface area (Å²) in [5, 5.41) is 5.34. The van der Waals surface area contributed by atoms with Crippen LogP contribution in [0.3, 0.4) is 0 Å². The van der Waals surface area contributed by atoms with Gasteiger partial charge in [-0.3, -0.25) is 14.9 Å². The largest absolute Gasteiger partial charge is 0.399 e. The molecule has 2 amide bonds. The smallest absolute Gasteiger partial charge is 0.249 e. The second-order valence-electron chi connectivity index (χ2n) is 3.77. The average Bonchev–Trinajstić information content (AvgIpc) is 2.22. The van der Waals surface area contributed by atoms with Gasteiger partial charge >= 0.3 is 0 Å². The third-order valence-electron chi connectivity index (χ3n) is 2.47. The minimum atomic E-state index is -0.362. The average molecular weight is 219 g/mol. The van der Waals surface area contributed by atoms with E-state index in [4.69, 9.17) is 5.73 Å². The van der Waals surface area contributed by atoms with E-state index in [-0.39, 0.29) is 17.9 Å². The lowest BCUT2D eigenvalue weighted by Crippen LogP contribution is -2.47. The highest BCUT2D eigenvalue weighted by atomic mass is 16.2. The monoisotopic (exact) mass is 219 g/mol. The van der Waals surface area contributed by atoms with Crippen molar-refractivity contribution >= 4 is 23.2 Å². The van der Waals surface area contributed by atoms with Crippen LogP contribution in [0.4, 0.5) is 11.4 Å². The Hall–Kier alpha value is -2.04. The van der Waals surface area contributed by atoms with Crippen LogP contribution >= 0.6 is 0 Å². The number of rotatable bonds is 2. The zero-order chi connectivity index (χ0) is 11.5. The highest BCUT2D eigenvalue weighted by Gasteiger charge is 2.26. The van der Waals surface area contributed by atoms with Gasteiger partial charge in [-0.25, -0.2) is 0 Å². The summed E-state index contributed by atoms with van der Waals surface area (Å²) in [5.41, 5.74) is 7.05.